The second kappa shape index (κ2) is 17.7. The molecule has 0 bridgehead atoms. The zero-order valence-electron chi connectivity index (χ0n) is 28.8. The van der Waals surface area contributed by atoms with Gasteiger partial charge in [0.1, 0.15) is 17.9 Å². The largest absolute Gasteiger partial charge is 0.467 e. The van der Waals surface area contributed by atoms with E-state index in [4.69, 9.17) is 4.42 Å². The second-order valence-electron chi connectivity index (χ2n) is 13.6. The van der Waals surface area contributed by atoms with Crippen LogP contribution in [-0.2, 0) is 33.8 Å². The van der Waals surface area contributed by atoms with E-state index in [1.807, 2.05) is 41.2 Å². The average Bonchev–Trinajstić information content (AvgIpc) is 3.99. The lowest BCUT2D eigenvalue weighted by atomic mass is 9.83. The predicted octanol–water partition coefficient (Wildman–Crippen LogP) is 4.35. The van der Waals surface area contributed by atoms with E-state index in [2.05, 4.69) is 35.9 Å². The van der Waals surface area contributed by atoms with Crippen molar-refractivity contribution in [3.8, 4) is 0 Å². The first kappa shape index (κ1) is 35.6. The van der Waals surface area contributed by atoms with Crippen LogP contribution >= 0.6 is 0 Å². The monoisotopic (exact) mass is 696 g/mol. The summed E-state index contributed by atoms with van der Waals surface area (Å²) in [6.45, 7) is 1.16. The maximum Gasteiger partial charge on any atom is 0.243 e. The van der Waals surface area contributed by atoms with Gasteiger partial charge >= 0.3 is 0 Å². The maximum absolute atomic E-state index is 14.2. The highest BCUT2D eigenvalue weighted by molar-refractivity contribution is 5.92. The van der Waals surface area contributed by atoms with Crippen LogP contribution in [0, 0.1) is 11.8 Å². The molecular weight excluding hydrogens is 648 g/mol. The number of aliphatic hydroxyl groups is 1. The lowest BCUT2D eigenvalue weighted by Crippen LogP contribution is -2.53. The molecule has 0 radical (unpaired) electrons. The molecule has 51 heavy (non-hydrogen) atoms. The summed E-state index contributed by atoms with van der Waals surface area (Å²) < 4.78 is 7.47. The number of aromatic amines is 2. The number of nitrogens with zero attached hydrogens (tertiary/aromatic N) is 3. The highest BCUT2D eigenvalue weighted by atomic mass is 16.4. The zero-order valence-corrected chi connectivity index (χ0v) is 28.8. The zero-order chi connectivity index (χ0) is 35.4. The Bertz CT molecular complexity index is 1790. The van der Waals surface area contributed by atoms with Crippen LogP contribution < -0.4 is 16.0 Å². The summed E-state index contributed by atoms with van der Waals surface area (Å²) in [7, 11) is 0. The predicted molar refractivity (Wildman–Crippen MR) is 191 cm³/mol. The van der Waals surface area contributed by atoms with Gasteiger partial charge in [0.25, 0.3) is 0 Å². The average molecular weight is 697 g/mol. The van der Waals surface area contributed by atoms with Crippen LogP contribution in [0.1, 0.15) is 74.5 Å². The minimum Gasteiger partial charge on any atom is -0.467 e. The Morgan fingerprint density at radius 1 is 1.02 bits per heavy atom. The van der Waals surface area contributed by atoms with Crippen LogP contribution in [0.5, 0.6) is 0 Å². The fourth-order valence-electron chi connectivity index (χ4n) is 7.13. The topological polar surface area (TPSA) is 183 Å². The molecule has 1 saturated carbocycles. The molecule has 270 valence electrons. The van der Waals surface area contributed by atoms with E-state index in [0.29, 0.717) is 43.3 Å². The van der Waals surface area contributed by atoms with E-state index in [0.717, 1.165) is 42.1 Å². The normalized spacial score (nSPS) is 15.9. The Kier molecular flexibility index (Phi) is 12.3. The van der Waals surface area contributed by atoms with Crippen molar-refractivity contribution in [1.29, 1.82) is 0 Å². The minimum absolute atomic E-state index is 0.0608. The highest BCUT2D eigenvalue weighted by Gasteiger charge is 2.33. The molecule has 3 amide bonds. The van der Waals surface area contributed by atoms with Crippen LogP contribution in [0.15, 0.2) is 84.5 Å². The SMILES string of the molecule is O=C(C[C@@H](Cc1c[nH]c2ccccc12)C(=O)N[C@@H](Cc1c[nH]cn1)C(=O)N[C@H](CC1CCCCC1)[C@H](O)c1ccco1)NCCCn1ccnc1. The first-order valence-corrected chi connectivity index (χ1v) is 18.0. The van der Waals surface area contributed by atoms with Gasteiger partial charge in [0.05, 0.1) is 36.6 Å². The van der Waals surface area contributed by atoms with Gasteiger partial charge in [-0.2, -0.15) is 0 Å². The molecule has 5 aromatic rings. The molecule has 0 spiro atoms. The lowest BCUT2D eigenvalue weighted by Gasteiger charge is -2.31. The first-order valence-electron chi connectivity index (χ1n) is 18.0. The van der Waals surface area contributed by atoms with E-state index in [-0.39, 0.29) is 25.2 Å². The number of rotatable bonds is 18. The second-order valence-corrected chi connectivity index (χ2v) is 13.6. The fraction of sp³-hybridized carbons (Fsp3) is 0.447. The van der Waals surface area contributed by atoms with E-state index in [1.165, 1.54) is 19.0 Å². The Balaban J connectivity index is 1.18. The van der Waals surface area contributed by atoms with Crippen LogP contribution in [0.4, 0.5) is 0 Å². The summed E-state index contributed by atoms with van der Waals surface area (Å²) in [4.78, 5) is 56.2. The van der Waals surface area contributed by atoms with E-state index >= 15 is 0 Å². The smallest absolute Gasteiger partial charge is 0.243 e. The molecule has 4 atom stereocenters. The number of aromatic nitrogens is 5. The summed E-state index contributed by atoms with van der Waals surface area (Å²) in [6.07, 6.45) is 18.0. The van der Waals surface area contributed by atoms with Crippen molar-refractivity contribution in [2.75, 3.05) is 6.54 Å². The molecule has 6 N–H and O–H groups in total. The Labute approximate surface area is 297 Å². The number of hydrogen-bond donors (Lipinski definition) is 6. The van der Waals surface area contributed by atoms with Crippen LogP contribution in [-0.4, -0.2) is 66.0 Å². The number of amides is 3. The molecule has 1 fully saturated rings. The Hall–Kier alpha value is -5.17. The molecule has 0 saturated heterocycles. The number of furan rings is 1. The number of nitrogens with one attached hydrogen (secondary N) is 5. The van der Waals surface area contributed by atoms with Gasteiger partial charge in [0, 0.05) is 61.6 Å². The highest BCUT2D eigenvalue weighted by Crippen LogP contribution is 2.31. The van der Waals surface area contributed by atoms with Crippen LogP contribution in [0.25, 0.3) is 10.9 Å². The number of carbonyl (C=O) groups excluding carboxylic acids is 3. The number of aliphatic hydroxyl groups excluding tert-OH is 1. The van der Waals surface area contributed by atoms with Crippen molar-refractivity contribution in [3.63, 3.8) is 0 Å². The third kappa shape index (κ3) is 9.97. The molecule has 13 nitrogen and oxygen atoms in total. The number of fused-ring (bicyclic) bond motifs is 1. The fourth-order valence-corrected chi connectivity index (χ4v) is 7.13. The number of H-pyrrole nitrogens is 2. The van der Waals surface area contributed by atoms with Crippen LogP contribution in [0.3, 0.4) is 0 Å². The summed E-state index contributed by atoms with van der Waals surface area (Å²) >= 11 is 0. The third-order valence-corrected chi connectivity index (χ3v) is 9.87. The standard InChI is InChI=1S/C38H48N8O5/c47-35(41-13-7-15-46-16-14-39-25-46)20-27(19-28-22-42-31-11-5-4-10-30(28)31)37(49)45-33(21-29-23-40-24-43-29)38(50)44-32(18-26-8-2-1-3-9-26)36(48)34-12-6-17-51-34/h4-6,10-12,14,16-17,22-27,32-33,36,42,48H,1-3,7-9,13,15,18-21H2,(H,40,43)(H,41,47)(H,44,50)(H,45,49)/t27-,32-,33+,36+/m1/s1. The van der Waals surface area contributed by atoms with Gasteiger partial charge in [-0.1, -0.05) is 50.3 Å². The molecule has 4 aromatic heterocycles. The Morgan fingerprint density at radius 3 is 2.65 bits per heavy atom. The molecule has 4 heterocycles. The molecule has 0 unspecified atom stereocenters. The quantitative estimate of drug-likeness (QED) is 0.0736. The van der Waals surface area contributed by atoms with Gasteiger partial charge in [0.15, 0.2) is 0 Å². The van der Waals surface area contributed by atoms with E-state index in [1.54, 1.807) is 30.9 Å². The lowest BCUT2D eigenvalue weighted by molar-refractivity contribution is -0.134. The number of imidazole rings is 2. The molecule has 6 rings (SSSR count). The Morgan fingerprint density at radius 2 is 1.88 bits per heavy atom. The summed E-state index contributed by atoms with van der Waals surface area (Å²) in [5.74, 6) is -1.14. The number of hydrogen-bond acceptors (Lipinski definition) is 7. The van der Waals surface area contributed by atoms with Crippen LogP contribution in [0.2, 0.25) is 0 Å². The third-order valence-electron chi connectivity index (χ3n) is 9.87. The van der Waals surface area contributed by atoms with Crippen molar-refractivity contribution in [1.82, 2.24) is 40.5 Å². The summed E-state index contributed by atoms with van der Waals surface area (Å²) in [5.41, 5.74) is 2.43. The van der Waals surface area contributed by atoms with Gasteiger partial charge in [-0.3, -0.25) is 14.4 Å². The van der Waals surface area contributed by atoms with Gasteiger partial charge in [0.2, 0.25) is 17.7 Å². The molecule has 1 aromatic carbocycles. The number of aryl methyl sites for hydroxylation is 1. The van der Waals surface area contributed by atoms with Gasteiger partial charge < -0.3 is 40.0 Å². The van der Waals surface area contributed by atoms with Crippen molar-refractivity contribution >= 4 is 28.6 Å². The molecule has 1 aliphatic carbocycles. The van der Waals surface area contributed by atoms with Gasteiger partial charge in [-0.15, -0.1) is 0 Å². The van der Waals surface area contributed by atoms with E-state index < -0.39 is 35.9 Å². The van der Waals surface area contributed by atoms with E-state index in [9.17, 15) is 19.5 Å². The molecule has 13 heteroatoms. The van der Waals surface area contributed by atoms with Crippen molar-refractivity contribution in [3.05, 3.63) is 97.1 Å². The number of carbonyl (C=O) groups is 3. The van der Waals surface area contributed by atoms with Crippen molar-refractivity contribution in [2.45, 2.75) is 88.9 Å². The molecule has 1 aliphatic rings. The summed E-state index contributed by atoms with van der Waals surface area (Å²) in [5, 5.41) is 21.3. The minimum atomic E-state index is -1.06. The molecule has 0 aliphatic heterocycles. The van der Waals surface area contributed by atoms with Crippen molar-refractivity contribution < 1.29 is 23.9 Å². The summed E-state index contributed by atoms with van der Waals surface area (Å²) in [6, 6.07) is 9.60. The maximum atomic E-state index is 14.2. The van der Waals surface area contributed by atoms with Crippen molar-refractivity contribution in [2.24, 2.45) is 11.8 Å². The van der Waals surface area contributed by atoms with Gasteiger partial charge in [-0.25, -0.2) is 9.97 Å². The first-order chi connectivity index (χ1) is 24.9. The number of benzene rings is 1. The molecular formula is C38H48N8O5. The van der Waals surface area contributed by atoms with Gasteiger partial charge in [-0.05, 0) is 48.9 Å². The number of para-hydroxylation sites is 1.